The Morgan fingerprint density at radius 1 is 1.39 bits per heavy atom. The lowest BCUT2D eigenvalue weighted by atomic mass is 9.87. The number of nitrogens with zero attached hydrogens (tertiary/aromatic N) is 1. The number of nitrogens with two attached hydrogens (primary N) is 1. The zero-order chi connectivity index (χ0) is 13.3. The topological polar surface area (TPSA) is 52.0 Å². The van der Waals surface area contributed by atoms with E-state index in [9.17, 15) is 0 Å². The van der Waals surface area contributed by atoms with Crippen molar-refractivity contribution in [3.63, 3.8) is 0 Å². The second kappa shape index (κ2) is 4.90. The van der Waals surface area contributed by atoms with Gasteiger partial charge in [-0.25, -0.2) is 4.98 Å². The van der Waals surface area contributed by atoms with Gasteiger partial charge in [-0.15, -0.1) is 0 Å². The van der Waals surface area contributed by atoms with E-state index in [4.69, 9.17) is 21.8 Å². The van der Waals surface area contributed by atoms with Crippen LogP contribution in [0.5, 0.6) is 0 Å². The molecule has 0 radical (unpaired) electrons. The van der Waals surface area contributed by atoms with E-state index in [0.717, 1.165) is 17.5 Å². The van der Waals surface area contributed by atoms with Crippen molar-refractivity contribution >= 4 is 22.7 Å². The van der Waals surface area contributed by atoms with E-state index in [1.165, 1.54) is 0 Å². The van der Waals surface area contributed by atoms with Crippen LogP contribution in [-0.2, 0) is 6.42 Å². The van der Waals surface area contributed by atoms with Gasteiger partial charge in [0, 0.05) is 17.5 Å². The van der Waals surface area contributed by atoms with Crippen molar-refractivity contribution in [3.05, 3.63) is 29.1 Å². The zero-order valence-electron chi connectivity index (χ0n) is 11.0. The number of fused-ring (bicyclic) bond motifs is 1. The SMILES string of the molecule is CC(C)(C)CC(N)Cc1nc2cc(Cl)ccc2o1. The quantitative estimate of drug-likeness (QED) is 0.920. The number of oxazole rings is 1. The van der Waals surface area contributed by atoms with Crippen molar-refractivity contribution < 1.29 is 4.42 Å². The van der Waals surface area contributed by atoms with Crippen LogP contribution in [0.1, 0.15) is 33.1 Å². The van der Waals surface area contributed by atoms with E-state index >= 15 is 0 Å². The molecular formula is C14H19ClN2O. The molecule has 0 aliphatic carbocycles. The van der Waals surface area contributed by atoms with Gasteiger partial charge in [0.05, 0.1) is 0 Å². The minimum atomic E-state index is 0.0635. The molecule has 0 bridgehead atoms. The second-order valence-corrected chi connectivity index (χ2v) is 6.39. The summed E-state index contributed by atoms with van der Waals surface area (Å²) in [5.74, 6) is 0.684. The molecule has 98 valence electrons. The van der Waals surface area contributed by atoms with Gasteiger partial charge in [-0.1, -0.05) is 32.4 Å². The molecule has 1 unspecified atom stereocenters. The fraction of sp³-hybridized carbons (Fsp3) is 0.500. The van der Waals surface area contributed by atoms with Crippen LogP contribution in [0.3, 0.4) is 0 Å². The monoisotopic (exact) mass is 266 g/mol. The molecule has 0 spiro atoms. The molecule has 0 amide bonds. The van der Waals surface area contributed by atoms with Crippen LogP contribution >= 0.6 is 11.6 Å². The third kappa shape index (κ3) is 3.47. The maximum absolute atomic E-state index is 6.12. The number of benzene rings is 1. The van der Waals surface area contributed by atoms with Crippen molar-refractivity contribution in [1.82, 2.24) is 4.98 Å². The standard InChI is InChI=1S/C14H19ClN2O/c1-14(2,3)8-10(16)7-13-17-11-6-9(15)4-5-12(11)18-13/h4-6,10H,7-8,16H2,1-3H3. The van der Waals surface area contributed by atoms with Crippen molar-refractivity contribution in [3.8, 4) is 0 Å². The third-order valence-corrected chi connectivity index (χ3v) is 2.94. The summed E-state index contributed by atoms with van der Waals surface area (Å²) in [5.41, 5.74) is 7.89. The van der Waals surface area contributed by atoms with Gasteiger partial charge in [0.2, 0.25) is 0 Å². The molecule has 4 heteroatoms. The second-order valence-electron chi connectivity index (χ2n) is 5.95. The summed E-state index contributed by atoms with van der Waals surface area (Å²) in [4.78, 5) is 4.41. The predicted octanol–water partition coefficient (Wildman–Crippen LogP) is 3.79. The van der Waals surface area contributed by atoms with E-state index in [1.54, 1.807) is 12.1 Å². The summed E-state index contributed by atoms with van der Waals surface area (Å²) in [7, 11) is 0. The molecule has 2 N–H and O–H groups in total. The van der Waals surface area contributed by atoms with Gasteiger partial charge in [-0.2, -0.15) is 0 Å². The van der Waals surface area contributed by atoms with E-state index in [1.807, 2.05) is 6.07 Å². The predicted molar refractivity (Wildman–Crippen MR) is 74.8 cm³/mol. The molecule has 0 saturated heterocycles. The number of halogens is 1. The molecule has 1 aromatic heterocycles. The Hall–Kier alpha value is -1.06. The Balaban J connectivity index is 2.12. The normalized spacial score (nSPS) is 14.1. The smallest absolute Gasteiger partial charge is 0.197 e. The molecule has 1 heterocycles. The molecule has 18 heavy (non-hydrogen) atoms. The molecule has 3 nitrogen and oxygen atoms in total. The van der Waals surface area contributed by atoms with Gasteiger partial charge < -0.3 is 10.2 Å². The molecule has 0 aliphatic heterocycles. The van der Waals surface area contributed by atoms with Crippen LogP contribution in [0, 0.1) is 5.41 Å². The molecule has 2 rings (SSSR count). The lowest BCUT2D eigenvalue weighted by Gasteiger charge is -2.22. The molecule has 0 fully saturated rings. The van der Waals surface area contributed by atoms with Crippen molar-refractivity contribution in [2.45, 2.75) is 39.7 Å². The van der Waals surface area contributed by atoms with Crippen LogP contribution in [0.2, 0.25) is 5.02 Å². The van der Waals surface area contributed by atoms with Gasteiger partial charge >= 0.3 is 0 Å². The summed E-state index contributed by atoms with van der Waals surface area (Å²) in [6.45, 7) is 6.54. The fourth-order valence-electron chi connectivity index (χ4n) is 2.12. The zero-order valence-corrected chi connectivity index (χ0v) is 11.8. The Kier molecular flexibility index (Phi) is 3.64. The minimum absolute atomic E-state index is 0.0635. The molecule has 1 atom stereocenters. The Morgan fingerprint density at radius 2 is 2.11 bits per heavy atom. The highest BCUT2D eigenvalue weighted by molar-refractivity contribution is 6.31. The van der Waals surface area contributed by atoms with E-state index in [-0.39, 0.29) is 11.5 Å². The maximum Gasteiger partial charge on any atom is 0.197 e. The highest BCUT2D eigenvalue weighted by atomic mass is 35.5. The Labute approximate surface area is 112 Å². The fourth-order valence-corrected chi connectivity index (χ4v) is 2.28. The van der Waals surface area contributed by atoms with Gasteiger partial charge in [-0.3, -0.25) is 0 Å². The summed E-state index contributed by atoms with van der Waals surface area (Å²) < 4.78 is 5.66. The molecular weight excluding hydrogens is 248 g/mol. The highest BCUT2D eigenvalue weighted by Crippen LogP contribution is 2.24. The molecule has 1 aromatic carbocycles. The first kappa shape index (κ1) is 13.4. The van der Waals surface area contributed by atoms with Gasteiger partial charge in [0.15, 0.2) is 11.5 Å². The third-order valence-electron chi connectivity index (χ3n) is 2.71. The van der Waals surface area contributed by atoms with Gasteiger partial charge in [0.25, 0.3) is 0 Å². The minimum Gasteiger partial charge on any atom is -0.441 e. The lowest BCUT2D eigenvalue weighted by Crippen LogP contribution is -2.28. The Morgan fingerprint density at radius 3 is 2.78 bits per heavy atom. The molecule has 0 saturated carbocycles. The molecule has 0 aliphatic rings. The lowest BCUT2D eigenvalue weighted by molar-refractivity contribution is 0.329. The van der Waals surface area contributed by atoms with Gasteiger partial charge in [0.1, 0.15) is 5.52 Å². The summed E-state index contributed by atoms with van der Waals surface area (Å²) in [5, 5.41) is 0.668. The largest absolute Gasteiger partial charge is 0.441 e. The van der Waals surface area contributed by atoms with Crippen LogP contribution in [0.25, 0.3) is 11.1 Å². The highest BCUT2D eigenvalue weighted by Gasteiger charge is 2.18. The Bertz CT molecular complexity index is 542. The van der Waals surface area contributed by atoms with Crippen LogP contribution in [0.4, 0.5) is 0 Å². The van der Waals surface area contributed by atoms with E-state index in [0.29, 0.717) is 17.3 Å². The van der Waals surface area contributed by atoms with E-state index in [2.05, 4.69) is 25.8 Å². The first-order chi connectivity index (χ1) is 8.33. The first-order valence-electron chi connectivity index (χ1n) is 6.14. The number of aromatic nitrogens is 1. The van der Waals surface area contributed by atoms with Crippen LogP contribution in [0.15, 0.2) is 22.6 Å². The van der Waals surface area contributed by atoms with Crippen molar-refractivity contribution in [1.29, 1.82) is 0 Å². The maximum atomic E-state index is 6.12. The summed E-state index contributed by atoms with van der Waals surface area (Å²) >= 11 is 5.91. The average Bonchev–Trinajstić information content (AvgIpc) is 2.55. The summed E-state index contributed by atoms with van der Waals surface area (Å²) in [6.07, 6.45) is 1.59. The van der Waals surface area contributed by atoms with E-state index < -0.39 is 0 Å². The number of hydrogen-bond acceptors (Lipinski definition) is 3. The van der Waals surface area contributed by atoms with Crippen LogP contribution < -0.4 is 5.73 Å². The summed E-state index contributed by atoms with van der Waals surface area (Å²) in [6, 6.07) is 5.50. The van der Waals surface area contributed by atoms with Crippen molar-refractivity contribution in [2.75, 3.05) is 0 Å². The van der Waals surface area contributed by atoms with Gasteiger partial charge in [-0.05, 0) is 30.0 Å². The number of hydrogen-bond donors (Lipinski definition) is 1. The average molecular weight is 267 g/mol. The number of rotatable bonds is 3. The first-order valence-corrected chi connectivity index (χ1v) is 6.52. The molecule has 2 aromatic rings. The van der Waals surface area contributed by atoms with Crippen LogP contribution in [-0.4, -0.2) is 11.0 Å². The van der Waals surface area contributed by atoms with Crippen molar-refractivity contribution in [2.24, 2.45) is 11.1 Å².